The van der Waals surface area contributed by atoms with Crippen molar-refractivity contribution >= 4 is 17.8 Å². The number of carbonyl (C=O) groups is 3. The standard InChI is InChI=1S/C32H34N4O3/c1-4-35-27-20-36(31(38)28(27)29(34-32(35)39)25-16-15-21(2)17-22(25)3)26(18-23-11-7-5-8-12-23)30(37)33-19-24-13-9-6-10-14-24/h5-17,26,29H,4,18-20H2,1-3H3,(H,33,37)(H,34,39)/t26-,29+/m1/s1. The summed E-state index contributed by atoms with van der Waals surface area (Å²) >= 11 is 0. The van der Waals surface area contributed by atoms with Gasteiger partial charge >= 0.3 is 6.03 Å². The number of aryl methyl sites for hydroxylation is 2. The first-order chi connectivity index (χ1) is 18.9. The molecule has 3 aromatic carbocycles. The Morgan fingerprint density at radius 3 is 2.28 bits per heavy atom. The summed E-state index contributed by atoms with van der Waals surface area (Å²) in [5.74, 6) is -0.439. The zero-order valence-electron chi connectivity index (χ0n) is 22.6. The predicted octanol–water partition coefficient (Wildman–Crippen LogP) is 4.41. The van der Waals surface area contributed by atoms with E-state index in [4.69, 9.17) is 0 Å². The molecular weight excluding hydrogens is 488 g/mol. The first kappa shape index (κ1) is 26.2. The van der Waals surface area contributed by atoms with E-state index in [1.54, 1.807) is 9.80 Å². The van der Waals surface area contributed by atoms with E-state index in [-0.39, 0.29) is 24.4 Å². The van der Waals surface area contributed by atoms with Crippen LogP contribution in [0.2, 0.25) is 0 Å². The highest BCUT2D eigenvalue weighted by Gasteiger charge is 2.47. The zero-order valence-corrected chi connectivity index (χ0v) is 22.6. The third-order valence-corrected chi connectivity index (χ3v) is 7.56. The molecule has 0 aromatic heterocycles. The van der Waals surface area contributed by atoms with Crippen molar-refractivity contribution in [3.05, 3.63) is 118 Å². The van der Waals surface area contributed by atoms with Gasteiger partial charge in [0.05, 0.1) is 23.9 Å². The quantitative estimate of drug-likeness (QED) is 0.460. The topological polar surface area (TPSA) is 81.8 Å². The lowest BCUT2D eigenvalue weighted by atomic mass is 9.91. The molecule has 39 heavy (non-hydrogen) atoms. The average Bonchev–Trinajstić information content (AvgIpc) is 3.27. The fraction of sp³-hybridized carbons (Fsp3) is 0.281. The summed E-state index contributed by atoms with van der Waals surface area (Å²) in [4.78, 5) is 44.3. The van der Waals surface area contributed by atoms with E-state index in [0.717, 1.165) is 27.8 Å². The molecule has 0 saturated carbocycles. The summed E-state index contributed by atoms with van der Waals surface area (Å²) in [5, 5.41) is 6.10. The number of rotatable bonds is 8. The van der Waals surface area contributed by atoms with Gasteiger partial charge in [-0.25, -0.2) is 4.79 Å². The molecule has 0 fully saturated rings. The number of benzene rings is 3. The molecule has 2 aliphatic heterocycles. The van der Waals surface area contributed by atoms with Gasteiger partial charge in [-0.05, 0) is 43.0 Å². The summed E-state index contributed by atoms with van der Waals surface area (Å²) in [7, 11) is 0. The number of carbonyl (C=O) groups excluding carboxylic acids is 3. The second-order valence-electron chi connectivity index (χ2n) is 10.2. The van der Waals surface area contributed by atoms with Gasteiger partial charge in [-0.15, -0.1) is 0 Å². The van der Waals surface area contributed by atoms with Gasteiger partial charge in [0.1, 0.15) is 6.04 Å². The van der Waals surface area contributed by atoms with Crippen LogP contribution in [-0.4, -0.2) is 46.8 Å². The fourth-order valence-electron chi connectivity index (χ4n) is 5.57. The molecule has 0 aliphatic carbocycles. The highest BCUT2D eigenvalue weighted by Crippen LogP contribution is 2.38. The molecule has 0 bridgehead atoms. The molecule has 0 unspecified atom stereocenters. The monoisotopic (exact) mass is 522 g/mol. The van der Waals surface area contributed by atoms with Crippen LogP contribution in [-0.2, 0) is 22.6 Å². The fourth-order valence-corrected chi connectivity index (χ4v) is 5.57. The van der Waals surface area contributed by atoms with E-state index in [1.165, 1.54) is 0 Å². The van der Waals surface area contributed by atoms with Crippen LogP contribution in [0, 0.1) is 13.8 Å². The van der Waals surface area contributed by atoms with E-state index in [0.29, 0.717) is 30.8 Å². The Kier molecular flexibility index (Phi) is 7.50. The van der Waals surface area contributed by atoms with E-state index in [9.17, 15) is 14.4 Å². The Morgan fingerprint density at radius 1 is 0.974 bits per heavy atom. The van der Waals surface area contributed by atoms with Crippen molar-refractivity contribution in [3.8, 4) is 0 Å². The maximum Gasteiger partial charge on any atom is 0.322 e. The number of hydrogen-bond acceptors (Lipinski definition) is 3. The third-order valence-electron chi connectivity index (χ3n) is 7.56. The highest BCUT2D eigenvalue weighted by molar-refractivity contribution is 6.03. The Morgan fingerprint density at radius 2 is 1.64 bits per heavy atom. The van der Waals surface area contributed by atoms with Crippen LogP contribution in [0.5, 0.6) is 0 Å². The molecule has 200 valence electrons. The highest BCUT2D eigenvalue weighted by atomic mass is 16.2. The molecule has 7 heteroatoms. The van der Waals surface area contributed by atoms with Crippen molar-refractivity contribution in [3.63, 3.8) is 0 Å². The molecule has 2 N–H and O–H groups in total. The first-order valence-electron chi connectivity index (χ1n) is 13.4. The first-order valence-corrected chi connectivity index (χ1v) is 13.4. The maximum absolute atomic E-state index is 14.2. The van der Waals surface area contributed by atoms with E-state index >= 15 is 0 Å². The van der Waals surface area contributed by atoms with Crippen molar-refractivity contribution in [2.45, 2.75) is 45.8 Å². The summed E-state index contributed by atoms with van der Waals surface area (Å²) in [6, 6.07) is 23.9. The van der Waals surface area contributed by atoms with Crippen molar-refractivity contribution in [1.29, 1.82) is 0 Å². The molecule has 7 nitrogen and oxygen atoms in total. The number of nitrogens with one attached hydrogen (secondary N) is 2. The van der Waals surface area contributed by atoms with Crippen molar-refractivity contribution < 1.29 is 14.4 Å². The normalized spacial score (nSPS) is 17.7. The smallest absolute Gasteiger partial charge is 0.322 e. The number of nitrogens with zero attached hydrogens (tertiary/aromatic N) is 2. The van der Waals surface area contributed by atoms with Gasteiger partial charge in [0.15, 0.2) is 0 Å². The minimum absolute atomic E-state index is 0.201. The molecular formula is C32H34N4O3. The second-order valence-corrected chi connectivity index (χ2v) is 10.2. The largest absolute Gasteiger partial charge is 0.350 e. The van der Waals surface area contributed by atoms with Gasteiger partial charge in [-0.1, -0.05) is 84.4 Å². The molecule has 0 radical (unpaired) electrons. The molecule has 0 saturated heterocycles. The second kappa shape index (κ2) is 11.2. The summed E-state index contributed by atoms with van der Waals surface area (Å²) in [6.45, 7) is 6.90. The number of urea groups is 1. The van der Waals surface area contributed by atoms with Crippen LogP contribution in [0.4, 0.5) is 4.79 Å². The lowest BCUT2D eigenvalue weighted by Gasteiger charge is -2.33. The number of likely N-dealkylation sites (N-methyl/N-ethyl adjacent to an activating group) is 1. The van der Waals surface area contributed by atoms with Gasteiger partial charge in [-0.3, -0.25) is 14.5 Å². The molecule has 2 aliphatic rings. The van der Waals surface area contributed by atoms with Crippen molar-refractivity contribution in [1.82, 2.24) is 20.4 Å². The lowest BCUT2D eigenvalue weighted by molar-refractivity contribution is -0.136. The van der Waals surface area contributed by atoms with Crippen molar-refractivity contribution in [2.75, 3.05) is 13.1 Å². The van der Waals surface area contributed by atoms with Crippen LogP contribution < -0.4 is 10.6 Å². The van der Waals surface area contributed by atoms with E-state index in [1.807, 2.05) is 93.6 Å². The third kappa shape index (κ3) is 5.30. The van der Waals surface area contributed by atoms with Gasteiger partial charge < -0.3 is 15.5 Å². The summed E-state index contributed by atoms with van der Waals surface area (Å²) < 4.78 is 0. The molecule has 5 rings (SSSR count). The molecule has 3 aromatic rings. The van der Waals surface area contributed by atoms with Gasteiger partial charge in [-0.2, -0.15) is 0 Å². The SMILES string of the molecule is CCN1C(=O)N[C@@H](c2ccc(C)cc2C)C2=C1CN([C@H](Cc1ccccc1)C(=O)NCc1ccccc1)C2=O. The lowest BCUT2D eigenvalue weighted by Crippen LogP contribution is -2.49. The number of hydrogen-bond donors (Lipinski definition) is 2. The van der Waals surface area contributed by atoms with Gasteiger partial charge in [0.25, 0.3) is 5.91 Å². The molecule has 2 atom stereocenters. The van der Waals surface area contributed by atoms with Crippen LogP contribution in [0.1, 0.15) is 40.8 Å². The van der Waals surface area contributed by atoms with Gasteiger partial charge in [0, 0.05) is 19.5 Å². The van der Waals surface area contributed by atoms with Crippen LogP contribution in [0.25, 0.3) is 0 Å². The van der Waals surface area contributed by atoms with Gasteiger partial charge in [0.2, 0.25) is 5.91 Å². The Balaban J connectivity index is 1.49. The van der Waals surface area contributed by atoms with Crippen LogP contribution >= 0.6 is 0 Å². The Bertz CT molecular complexity index is 1420. The Hall–Kier alpha value is -4.39. The maximum atomic E-state index is 14.2. The Labute approximate surface area is 229 Å². The van der Waals surface area contributed by atoms with E-state index in [2.05, 4.69) is 16.7 Å². The van der Waals surface area contributed by atoms with Crippen LogP contribution in [0.15, 0.2) is 90.1 Å². The summed E-state index contributed by atoms with van der Waals surface area (Å²) in [5.41, 5.74) is 6.16. The molecule has 4 amide bonds. The molecule has 2 heterocycles. The van der Waals surface area contributed by atoms with E-state index < -0.39 is 12.1 Å². The minimum atomic E-state index is -0.734. The number of amides is 4. The van der Waals surface area contributed by atoms with Crippen molar-refractivity contribution in [2.24, 2.45) is 0 Å². The zero-order chi connectivity index (χ0) is 27.5. The molecule has 0 spiro atoms. The van der Waals surface area contributed by atoms with Crippen LogP contribution in [0.3, 0.4) is 0 Å². The minimum Gasteiger partial charge on any atom is -0.350 e. The summed E-state index contributed by atoms with van der Waals surface area (Å²) in [6.07, 6.45) is 0.371. The average molecular weight is 523 g/mol. The predicted molar refractivity (Wildman–Crippen MR) is 151 cm³/mol.